The number of hydrogen-bond acceptors (Lipinski definition) is 6. The molecule has 0 aromatic carbocycles. The summed E-state index contributed by atoms with van der Waals surface area (Å²) in [5, 5.41) is 12.8. The SMILES string of the molecule is CC1COCCN1c1cc(-c2ccnn2C(C)(C)C)c2ccnc(-c3ccn[nH]3)c2n1. The van der Waals surface area contributed by atoms with Crippen LogP contribution in [-0.4, -0.2) is 55.7 Å². The first-order chi connectivity index (χ1) is 14.9. The third-order valence-corrected chi connectivity index (χ3v) is 5.69. The summed E-state index contributed by atoms with van der Waals surface area (Å²) in [6.45, 7) is 10.8. The minimum Gasteiger partial charge on any atom is -0.377 e. The van der Waals surface area contributed by atoms with E-state index in [1.807, 2.05) is 24.5 Å². The van der Waals surface area contributed by atoms with Gasteiger partial charge in [-0.1, -0.05) is 0 Å². The Balaban J connectivity index is 1.80. The third-order valence-electron chi connectivity index (χ3n) is 5.69. The van der Waals surface area contributed by atoms with Crippen LogP contribution < -0.4 is 4.90 Å². The average Bonchev–Trinajstić information content (AvgIpc) is 3.45. The summed E-state index contributed by atoms with van der Waals surface area (Å²) >= 11 is 0. The van der Waals surface area contributed by atoms with Gasteiger partial charge in [0.1, 0.15) is 17.0 Å². The summed E-state index contributed by atoms with van der Waals surface area (Å²) in [5.41, 5.74) is 4.49. The number of aromatic nitrogens is 6. The molecule has 1 saturated heterocycles. The van der Waals surface area contributed by atoms with Crippen molar-refractivity contribution < 1.29 is 4.74 Å². The highest BCUT2D eigenvalue weighted by atomic mass is 16.5. The second kappa shape index (κ2) is 7.46. The molecule has 0 aliphatic carbocycles. The molecule has 4 aromatic rings. The number of rotatable bonds is 3. The number of pyridine rings is 2. The molecule has 1 aliphatic rings. The molecule has 160 valence electrons. The molecule has 0 saturated carbocycles. The van der Waals surface area contributed by atoms with E-state index in [-0.39, 0.29) is 11.6 Å². The summed E-state index contributed by atoms with van der Waals surface area (Å²) in [6.07, 6.45) is 5.43. The Labute approximate surface area is 181 Å². The second-order valence-corrected chi connectivity index (χ2v) is 8.97. The molecule has 0 bridgehead atoms. The number of aromatic amines is 1. The molecule has 1 unspecified atom stereocenters. The smallest absolute Gasteiger partial charge is 0.130 e. The maximum absolute atomic E-state index is 5.66. The minimum atomic E-state index is -0.153. The highest BCUT2D eigenvalue weighted by Gasteiger charge is 2.25. The van der Waals surface area contributed by atoms with Gasteiger partial charge < -0.3 is 9.64 Å². The fraction of sp³-hybridized carbons (Fsp3) is 0.391. The van der Waals surface area contributed by atoms with E-state index in [1.165, 1.54) is 0 Å². The lowest BCUT2D eigenvalue weighted by molar-refractivity contribution is 0.0986. The molecule has 1 fully saturated rings. The van der Waals surface area contributed by atoms with E-state index < -0.39 is 0 Å². The quantitative estimate of drug-likeness (QED) is 0.545. The van der Waals surface area contributed by atoms with Crippen LogP contribution in [0.2, 0.25) is 0 Å². The van der Waals surface area contributed by atoms with Crippen molar-refractivity contribution >= 4 is 16.7 Å². The first-order valence-electron chi connectivity index (χ1n) is 10.6. The summed E-state index contributed by atoms with van der Waals surface area (Å²) in [7, 11) is 0. The average molecular weight is 418 g/mol. The van der Waals surface area contributed by atoms with Crippen LogP contribution in [0.25, 0.3) is 33.5 Å². The molecule has 5 heterocycles. The lowest BCUT2D eigenvalue weighted by Crippen LogP contribution is -2.44. The molecule has 5 rings (SSSR count). The van der Waals surface area contributed by atoms with Gasteiger partial charge in [0, 0.05) is 36.1 Å². The number of nitrogens with zero attached hydrogens (tertiary/aromatic N) is 6. The topological polar surface area (TPSA) is 84.8 Å². The Kier molecular flexibility index (Phi) is 4.74. The van der Waals surface area contributed by atoms with Crippen LogP contribution in [0.3, 0.4) is 0 Å². The maximum atomic E-state index is 5.66. The van der Waals surface area contributed by atoms with E-state index in [9.17, 15) is 0 Å². The minimum absolute atomic E-state index is 0.153. The molecule has 4 aromatic heterocycles. The van der Waals surface area contributed by atoms with Crippen LogP contribution in [0, 0.1) is 0 Å². The van der Waals surface area contributed by atoms with Crippen LogP contribution in [0.4, 0.5) is 5.82 Å². The van der Waals surface area contributed by atoms with Crippen LogP contribution in [-0.2, 0) is 10.3 Å². The number of nitrogens with one attached hydrogen (secondary N) is 1. The van der Waals surface area contributed by atoms with Crippen LogP contribution in [0.1, 0.15) is 27.7 Å². The molecule has 0 spiro atoms. The first kappa shape index (κ1) is 19.7. The number of ether oxygens (including phenoxy) is 1. The van der Waals surface area contributed by atoms with Crippen molar-refractivity contribution in [2.24, 2.45) is 0 Å². The van der Waals surface area contributed by atoms with E-state index >= 15 is 0 Å². The van der Waals surface area contributed by atoms with Crippen molar-refractivity contribution in [1.82, 2.24) is 29.9 Å². The number of fused-ring (bicyclic) bond motifs is 1. The van der Waals surface area contributed by atoms with Crippen molar-refractivity contribution in [3.8, 4) is 22.6 Å². The van der Waals surface area contributed by atoms with Gasteiger partial charge in [-0.3, -0.25) is 14.8 Å². The Hall–Kier alpha value is -3.26. The molecule has 8 heteroatoms. The van der Waals surface area contributed by atoms with Crippen molar-refractivity contribution in [3.05, 3.63) is 42.9 Å². The zero-order valence-electron chi connectivity index (χ0n) is 18.3. The molecule has 1 aliphatic heterocycles. The normalized spacial score (nSPS) is 17.4. The van der Waals surface area contributed by atoms with Crippen LogP contribution in [0.5, 0.6) is 0 Å². The summed E-state index contributed by atoms with van der Waals surface area (Å²) in [4.78, 5) is 12.1. The number of hydrogen-bond donors (Lipinski definition) is 1. The molecular formula is C23H27N7O. The Morgan fingerprint density at radius 2 is 2.00 bits per heavy atom. The van der Waals surface area contributed by atoms with E-state index in [0.29, 0.717) is 13.2 Å². The lowest BCUT2D eigenvalue weighted by Gasteiger charge is -2.35. The van der Waals surface area contributed by atoms with Gasteiger partial charge in [0.15, 0.2) is 0 Å². The fourth-order valence-electron chi connectivity index (χ4n) is 4.19. The van der Waals surface area contributed by atoms with E-state index in [0.717, 1.165) is 45.9 Å². The Bertz CT molecular complexity index is 1210. The zero-order valence-corrected chi connectivity index (χ0v) is 18.3. The first-order valence-corrected chi connectivity index (χ1v) is 10.6. The summed E-state index contributed by atoms with van der Waals surface area (Å²) in [5.74, 6) is 0.925. The van der Waals surface area contributed by atoms with Gasteiger partial charge in [-0.25, -0.2) is 4.98 Å². The van der Waals surface area contributed by atoms with E-state index in [4.69, 9.17) is 9.72 Å². The number of H-pyrrole nitrogens is 1. The number of morpholine rings is 1. The van der Waals surface area contributed by atoms with Gasteiger partial charge in [-0.15, -0.1) is 0 Å². The largest absolute Gasteiger partial charge is 0.377 e. The van der Waals surface area contributed by atoms with Gasteiger partial charge in [0.05, 0.1) is 36.2 Å². The fourth-order valence-corrected chi connectivity index (χ4v) is 4.19. The highest BCUT2D eigenvalue weighted by molar-refractivity contribution is 6.01. The van der Waals surface area contributed by atoms with Gasteiger partial charge in [-0.05, 0) is 52.0 Å². The molecule has 1 atom stereocenters. The molecule has 0 amide bonds. The molecular weight excluding hydrogens is 390 g/mol. The van der Waals surface area contributed by atoms with Crippen molar-refractivity contribution in [2.75, 3.05) is 24.7 Å². The molecule has 31 heavy (non-hydrogen) atoms. The van der Waals surface area contributed by atoms with Crippen molar-refractivity contribution in [1.29, 1.82) is 0 Å². The van der Waals surface area contributed by atoms with Gasteiger partial charge in [0.2, 0.25) is 0 Å². The summed E-state index contributed by atoms with van der Waals surface area (Å²) < 4.78 is 7.73. The highest BCUT2D eigenvalue weighted by Crippen LogP contribution is 2.36. The lowest BCUT2D eigenvalue weighted by atomic mass is 10.0. The van der Waals surface area contributed by atoms with Crippen molar-refractivity contribution in [3.63, 3.8) is 0 Å². The molecule has 1 N–H and O–H groups in total. The Morgan fingerprint density at radius 1 is 1.13 bits per heavy atom. The van der Waals surface area contributed by atoms with Crippen LogP contribution >= 0.6 is 0 Å². The van der Waals surface area contributed by atoms with E-state index in [1.54, 1.807) is 6.20 Å². The second-order valence-electron chi connectivity index (χ2n) is 8.97. The van der Waals surface area contributed by atoms with Crippen molar-refractivity contribution in [2.45, 2.75) is 39.3 Å². The molecule has 8 nitrogen and oxygen atoms in total. The standard InChI is InChI=1S/C23H27N7O/c1-15-14-31-12-11-29(15)20-13-17(19-7-10-26-30(19)23(2,3)4)16-5-8-24-22(21(16)27-20)18-6-9-25-28-18/h5-10,13,15H,11-12,14H2,1-4H3,(H,25,28). The summed E-state index contributed by atoms with van der Waals surface area (Å²) in [6, 6.07) is 8.45. The number of anilines is 1. The van der Waals surface area contributed by atoms with E-state index in [2.05, 4.69) is 69.7 Å². The monoisotopic (exact) mass is 417 g/mol. The van der Waals surface area contributed by atoms with Gasteiger partial charge >= 0.3 is 0 Å². The zero-order chi connectivity index (χ0) is 21.6. The Morgan fingerprint density at radius 3 is 2.74 bits per heavy atom. The molecule has 0 radical (unpaired) electrons. The third kappa shape index (κ3) is 3.46. The van der Waals surface area contributed by atoms with Gasteiger partial charge in [-0.2, -0.15) is 10.2 Å². The predicted molar refractivity (Wildman–Crippen MR) is 121 cm³/mol. The maximum Gasteiger partial charge on any atom is 0.130 e. The van der Waals surface area contributed by atoms with Crippen LogP contribution in [0.15, 0.2) is 42.9 Å². The van der Waals surface area contributed by atoms with Gasteiger partial charge in [0.25, 0.3) is 0 Å². The predicted octanol–water partition coefficient (Wildman–Crippen LogP) is 3.86.